The second kappa shape index (κ2) is 7.17. The maximum Gasteiger partial charge on any atom is 0.343 e. The molecule has 106 valence electrons. The van der Waals surface area contributed by atoms with Gasteiger partial charge in [-0.05, 0) is 36.4 Å². The lowest BCUT2D eigenvalue weighted by Crippen LogP contribution is -2.12. The number of carbonyl (C=O) groups excluding carboxylic acids is 1. The van der Waals surface area contributed by atoms with Crippen LogP contribution >= 0.6 is 22.9 Å². The van der Waals surface area contributed by atoms with E-state index in [0.29, 0.717) is 5.75 Å². The van der Waals surface area contributed by atoms with Crippen molar-refractivity contribution in [3.63, 3.8) is 0 Å². The van der Waals surface area contributed by atoms with Gasteiger partial charge in [0, 0.05) is 17.1 Å². The number of rotatable bonds is 6. The first-order valence-electron chi connectivity index (χ1n) is 5.95. The highest BCUT2D eigenvalue weighted by molar-refractivity contribution is 7.16. The molecule has 6 heteroatoms. The predicted molar refractivity (Wildman–Crippen MR) is 80.6 cm³/mol. The molecule has 20 heavy (non-hydrogen) atoms. The fourth-order valence-corrected chi connectivity index (χ4v) is 2.53. The molecule has 0 saturated heterocycles. The van der Waals surface area contributed by atoms with Gasteiger partial charge < -0.3 is 14.8 Å². The molecule has 0 saturated carbocycles. The fraction of sp³-hybridized carbons (Fsp3) is 0.214. The first-order chi connectivity index (χ1) is 9.67. The van der Waals surface area contributed by atoms with E-state index in [9.17, 15) is 4.79 Å². The zero-order valence-corrected chi connectivity index (χ0v) is 12.5. The molecule has 0 fully saturated rings. The average Bonchev–Trinajstić information content (AvgIpc) is 2.89. The number of anilines is 1. The Bertz CT molecular complexity index is 568. The molecule has 0 aliphatic heterocycles. The van der Waals surface area contributed by atoms with Gasteiger partial charge in [-0.1, -0.05) is 11.6 Å². The second-order valence-electron chi connectivity index (χ2n) is 3.95. The van der Waals surface area contributed by atoms with Gasteiger partial charge in [0.05, 0.1) is 11.4 Å². The number of halogens is 1. The normalized spacial score (nSPS) is 10.1. The molecular weight excluding hydrogens is 298 g/mol. The van der Waals surface area contributed by atoms with Crippen molar-refractivity contribution in [3.8, 4) is 5.75 Å². The van der Waals surface area contributed by atoms with Crippen molar-refractivity contribution in [2.24, 2.45) is 0 Å². The van der Waals surface area contributed by atoms with Gasteiger partial charge in [0.2, 0.25) is 0 Å². The van der Waals surface area contributed by atoms with Gasteiger partial charge in [-0.2, -0.15) is 0 Å². The number of nitrogens with one attached hydrogen (secondary N) is 1. The van der Waals surface area contributed by atoms with Crippen LogP contribution in [-0.4, -0.2) is 19.7 Å². The first-order valence-corrected chi connectivity index (χ1v) is 7.14. The maximum atomic E-state index is 10.9. The van der Waals surface area contributed by atoms with Gasteiger partial charge in [0.1, 0.15) is 5.75 Å². The number of thiophene rings is 1. The Balaban J connectivity index is 1.83. The summed E-state index contributed by atoms with van der Waals surface area (Å²) in [6.07, 6.45) is 0. The van der Waals surface area contributed by atoms with E-state index in [1.807, 2.05) is 24.3 Å². The van der Waals surface area contributed by atoms with Crippen LogP contribution in [0.25, 0.3) is 0 Å². The quantitative estimate of drug-likeness (QED) is 0.829. The molecule has 1 heterocycles. The summed E-state index contributed by atoms with van der Waals surface area (Å²) >= 11 is 7.42. The van der Waals surface area contributed by atoms with E-state index in [0.717, 1.165) is 16.6 Å². The topological polar surface area (TPSA) is 47.6 Å². The summed E-state index contributed by atoms with van der Waals surface area (Å²) in [7, 11) is 1.33. The van der Waals surface area contributed by atoms with Gasteiger partial charge in [-0.15, -0.1) is 11.3 Å². The summed E-state index contributed by atoms with van der Waals surface area (Å²) in [5, 5.41) is 3.28. The molecule has 0 bridgehead atoms. The van der Waals surface area contributed by atoms with E-state index in [-0.39, 0.29) is 6.61 Å². The standard InChI is InChI=1S/C14H14ClNO3S/c1-18-14(17)9-19-11-4-2-10(3-5-11)16-8-12-6-7-13(15)20-12/h2-7,16H,8-9H2,1H3. The molecule has 2 aromatic rings. The van der Waals surface area contributed by atoms with Crippen LogP contribution in [0, 0.1) is 0 Å². The van der Waals surface area contributed by atoms with Crippen molar-refractivity contribution in [3.05, 3.63) is 45.6 Å². The molecule has 0 amide bonds. The third-order valence-electron chi connectivity index (χ3n) is 2.53. The van der Waals surface area contributed by atoms with Crippen LogP contribution in [0.2, 0.25) is 4.34 Å². The Labute approximate surface area is 126 Å². The molecular formula is C14H14ClNO3S. The van der Waals surface area contributed by atoms with Crippen molar-refractivity contribution < 1.29 is 14.3 Å². The first kappa shape index (κ1) is 14.7. The largest absolute Gasteiger partial charge is 0.482 e. The van der Waals surface area contributed by atoms with Gasteiger partial charge >= 0.3 is 5.97 Å². The van der Waals surface area contributed by atoms with Crippen molar-refractivity contribution in [2.45, 2.75) is 6.54 Å². The lowest BCUT2D eigenvalue weighted by molar-refractivity contribution is -0.142. The zero-order chi connectivity index (χ0) is 14.4. The average molecular weight is 312 g/mol. The van der Waals surface area contributed by atoms with Gasteiger partial charge in [0.25, 0.3) is 0 Å². The molecule has 0 atom stereocenters. The SMILES string of the molecule is COC(=O)COc1ccc(NCc2ccc(Cl)s2)cc1. The molecule has 4 nitrogen and oxygen atoms in total. The highest BCUT2D eigenvalue weighted by atomic mass is 35.5. The van der Waals surface area contributed by atoms with E-state index < -0.39 is 5.97 Å². The molecule has 0 aliphatic carbocycles. The summed E-state index contributed by atoms with van der Waals surface area (Å²) in [5.41, 5.74) is 0.972. The number of hydrogen-bond donors (Lipinski definition) is 1. The molecule has 0 aliphatic rings. The summed E-state index contributed by atoms with van der Waals surface area (Å²) in [6, 6.07) is 11.3. The van der Waals surface area contributed by atoms with Crippen molar-refractivity contribution in [1.82, 2.24) is 0 Å². The Hall–Kier alpha value is -1.72. The van der Waals surface area contributed by atoms with Crippen LogP contribution in [-0.2, 0) is 16.1 Å². The van der Waals surface area contributed by atoms with Crippen LogP contribution in [0.5, 0.6) is 5.75 Å². The van der Waals surface area contributed by atoms with E-state index in [1.165, 1.54) is 12.0 Å². The van der Waals surface area contributed by atoms with Crippen molar-refractivity contribution in [2.75, 3.05) is 19.0 Å². The minimum atomic E-state index is -0.401. The van der Waals surface area contributed by atoms with Crippen molar-refractivity contribution in [1.29, 1.82) is 0 Å². The third kappa shape index (κ3) is 4.43. The van der Waals surface area contributed by atoms with Gasteiger partial charge in [0.15, 0.2) is 6.61 Å². The Morgan fingerprint density at radius 3 is 2.60 bits per heavy atom. The summed E-state index contributed by atoms with van der Waals surface area (Å²) in [5.74, 6) is 0.224. The van der Waals surface area contributed by atoms with E-state index >= 15 is 0 Å². The number of methoxy groups -OCH3 is 1. The number of hydrogen-bond acceptors (Lipinski definition) is 5. The second-order valence-corrected chi connectivity index (χ2v) is 5.75. The fourth-order valence-electron chi connectivity index (χ4n) is 1.51. The van der Waals surface area contributed by atoms with Crippen LogP contribution in [0.1, 0.15) is 4.88 Å². The minimum absolute atomic E-state index is 0.0863. The predicted octanol–water partition coefficient (Wildman–Crippen LogP) is 3.57. The molecule has 1 aromatic carbocycles. The molecule has 1 aromatic heterocycles. The molecule has 1 N–H and O–H groups in total. The summed E-state index contributed by atoms with van der Waals surface area (Å²) < 4.78 is 10.5. The maximum absolute atomic E-state index is 10.9. The Kier molecular flexibility index (Phi) is 5.26. The van der Waals surface area contributed by atoms with Crippen LogP contribution in [0.4, 0.5) is 5.69 Å². The zero-order valence-electron chi connectivity index (χ0n) is 10.9. The number of ether oxygens (including phenoxy) is 2. The Morgan fingerprint density at radius 2 is 2.00 bits per heavy atom. The third-order valence-corrected chi connectivity index (χ3v) is 3.77. The van der Waals surface area contributed by atoms with Crippen LogP contribution < -0.4 is 10.1 Å². The lowest BCUT2D eigenvalue weighted by atomic mass is 10.3. The van der Waals surface area contributed by atoms with E-state index in [1.54, 1.807) is 23.5 Å². The highest BCUT2D eigenvalue weighted by Gasteiger charge is 2.02. The van der Waals surface area contributed by atoms with E-state index in [2.05, 4.69) is 10.1 Å². The van der Waals surface area contributed by atoms with Gasteiger partial charge in [-0.3, -0.25) is 0 Å². The van der Waals surface area contributed by atoms with Gasteiger partial charge in [-0.25, -0.2) is 4.79 Å². The number of benzene rings is 1. The summed E-state index contributed by atoms with van der Waals surface area (Å²) in [6.45, 7) is 0.636. The molecule has 0 unspecified atom stereocenters. The number of carbonyl (C=O) groups is 1. The Morgan fingerprint density at radius 1 is 1.25 bits per heavy atom. The summed E-state index contributed by atoms with van der Waals surface area (Å²) in [4.78, 5) is 12.1. The molecule has 0 radical (unpaired) electrons. The van der Waals surface area contributed by atoms with Crippen molar-refractivity contribution >= 4 is 34.6 Å². The smallest absolute Gasteiger partial charge is 0.343 e. The number of esters is 1. The highest BCUT2D eigenvalue weighted by Crippen LogP contribution is 2.23. The molecule has 0 spiro atoms. The lowest BCUT2D eigenvalue weighted by Gasteiger charge is -2.07. The minimum Gasteiger partial charge on any atom is -0.482 e. The van der Waals surface area contributed by atoms with Crippen LogP contribution in [0.15, 0.2) is 36.4 Å². The monoisotopic (exact) mass is 311 g/mol. The molecule has 2 rings (SSSR count). The van der Waals surface area contributed by atoms with E-state index in [4.69, 9.17) is 16.3 Å². The van der Waals surface area contributed by atoms with Crippen LogP contribution in [0.3, 0.4) is 0 Å².